The van der Waals surface area contributed by atoms with Crippen LogP contribution in [0.2, 0.25) is 0 Å². The summed E-state index contributed by atoms with van der Waals surface area (Å²) in [6.07, 6.45) is 0. The molecule has 0 spiro atoms. The maximum Gasteiger partial charge on any atom is 0.207 e. The van der Waals surface area contributed by atoms with Gasteiger partial charge in [-0.25, -0.2) is 0 Å². The maximum atomic E-state index is 9.51. The lowest BCUT2D eigenvalue weighted by Crippen LogP contribution is -1.91. The van der Waals surface area contributed by atoms with Crippen LogP contribution in [0.15, 0.2) is 23.6 Å². The van der Waals surface area contributed by atoms with Crippen molar-refractivity contribution in [2.45, 2.75) is 0 Å². The third kappa shape index (κ3) is 1.69. The number of rotatable bonds is 1. The highest BCUT2D eigenvalue weighted by Crippen LogP contribution is 2.30. The summed E-state index contributed by atoms with van der Waals surface area (Å²) in [7, 11) is 0. The number of benzene rings is 1. The quantitative estimate of drug-likeness (QED) is 0.530. The number of hydrogen-bond acceptors (Lipinski definition) is 5. The van der Waals surface area contributed by atoms with Gasteiger partial charge in [0.05, 0.1) is 11.1 Å². The van der Waals surface area contributed by atoms with E-state index < -0.39 is 0 Å². The molecule has 6 heteroatoms. The Hall–Kier alpha value is -1.53. The molecule has 0 saturated carbocycles. The van der Waals surface area contributed by atoms with Crippen LogP contribution in [0.3, 0.4) is 0 Å². The smallest absolute Gasteiger partial charge is 0.207 e. The average Bonchev–Trinajstić information content (AvgIpc) is 2.52. The van der Waals surface area contributed by atoms with Crippen LogP contribution in [0.25, 0.3) is 5.69 Å². The Kier molecular flexibility index (Phi) is 2.37. The van der Waals surface area contributed by atoms with Gasteiger partial charge < -0.3 is 15.3 Å². The van der Waals surface area contributed by atoms with Crippen LogP contribution in [0, 0.1) is 3.95 Å². The third-order valence-electron chi connectivity index (χ3n) is 1.89. The summed E-state index contributed by atoms with van der Waals surface area (Å²) >= 11 is 6.23. The molecule has 0 unspecified atom stereocenters. The van der Waals surface area contributed by atoms with Crippen molar-refractivity contribution in [3.05, 3.63) is 27.5 Å². The minimum Gasteiger partial charge on any atom is -0.504 e. The van der Waals surface area contributed by atoms with Crippen LogP contribution in [0.5, 0.6) is 17.4 Å². The first-order chi connectivity index (χ1) is 7.09. The summed E-state index contributed by atoms with van der Waals surface area (Å²) in [5, 5.41) is 29.5. The molecule has 1 heterocycles. The summed E-state index contributed by atoms with van der Waals surface area (Å²) in [5.41, 5.74) is 0.508. The van der Waals surface area contributed by atoms with Crippen molar-refractivity contribution in [3.63, 3.8) is 0 Å². The van der Waals surface area contributed by atoms with Crippen LogP contribution in [0.1, 0.15) is 0 Å². The summed E-state index contributed by atoms with van der Waals surface area (Å²) in [5.74, 6) is -0.449. The topological polar surface area (TPSA) is 65.6 Å². The molecule has 4 nitrogen and oxygen atoms in total. The Morgan fingerprint density at radius 1 is 1.13 bits per heavy atom. The van der Waals surface area contributed by atoms with Crippen LogP contribution in [-0.4, -0.2) is 19.9 Å². The van der Waals surface area contributed by atoms with Gasteiger partial charge in [0.25, 0.3) is 0 Å². The minimum absolute atomic E-state index is 0.00934. The van der Waals surface area contributed by atoms with E-state index in [0.717, 1.165) is 0 Å². The molecule has 0 amide bonds. The van der Waals surface area contributed by atoms with Crippen LogP contribution in [-0.2, 0) is 0 Å². The predicted molar refractivity (Wildman–Crippen MR) is 59.5 cm³/mol. The highest BCUT2D eigenvalue weighted by molar-refractivity contribution is 7.73. The molecule has 0 bridgehead atoms. The Morgan fingerprint density at radius 2 is 1.87 bits per heavy atom. The summed E-state index contributed by atoms with van der Waals surface area (Å²) < 4.78 is 1.87. The fraction of sp³-hybridized carbons (Fsp3) is 0. The molecule has 78 valence electrons. The Morgan fingerprint density at radius 3 is 2.40 bits per heavy atom. The molecule has 0 fully saturated rings. The van der Waals surface area contributed by atoms with Crippen molar-refractivity contribution < 1.29 is 15.3 Å². The molecule has 3 N–H and O–H groups in total. The van der Waals surface area contributed by atoms with Gasteiger partial charge in [-0.2, -0.15) is 0 Å². The van der Waals surface area contributed by atoms with Crippen molar-refractivity contribution in [3.8, 4) is 23.1 Å². The molecular weight excluding hydrogens is 234 g/mol. The van der Waals surface area contributed by atoms with Crippen LogP contribution < -0.4 is 0 Å². The van der Waals surface area contributed by atoms with Gasteiger partial charge in [0, 0.05) is 6.07 Å². The molecular formula is C9H7NO3S2. The molecule has 0 radical (unpaired) electrons. The number of phenols is 2. The Bertz CT molecular complexity index is 559. The zero-order chi connectivity index (χ0) is 11.0. The Labute approximate surface area is 94.3 Å². The van der Waals surface area contributed by atoms with Gasteiger partial charge in [0.2, 0.25) is 5.88 Å². The molecule has 1 aromatic carbocycles. The molecule has 0 saturated heterocycles. The minimum atomic E-state index is -0.250. The van der Waals surface area contributed by atoms with Crippen LogP contribution in [0.4, 0.5) is 0 Å². The molecule has 0 atom stereocenters. The zero-order valence-electron chi connectivity index (χ0n) is 7.41. The second kappa shape index (κ2) is 3.56. The van der Waals surface area contributed by atoms with Gasteiger partial charge in [0.1, 0.15) is 0 Å². The normalized spacial score (nSPS) is 10.4. The molecule has 0 aliphatic heterocycles. The van der Waals surface area contributed by atoms with Crippen molar-refractivity contribution in [1.29, 1.82) is 0 Å². The fourth-order valence-corrected chi connectivity index (χ4v) is 2.15. The SMILES string of the molecule is Oc1ccc(-n2c(O)csc2=S)cc1O. The average molecular weight is 241 g/mol. The van der Waals surface area contributed by atoms with Crippen LogP contribution >= 0.6 is 23.6 Å². The first kappa shape index (κ1) is 10.0. The number of nitrogens with zero attached hydrogens (tertiary/aromatic N) is 1. The van der Waals surface area contributed by atoms with Crippen molar-refractivity contribution >= 4 is 23.6 Å². The fourth-order valence-electron chi connectivity index (χ4n) is 1.19. The maximum absolute atomic E-state index is 9.51. The standard InChI is InChI=1S/C9H7NO3S2/c11-6-2-1-5(3-7(6)12)10-8(13)4-15-9(10)14/h1-4,11-13H. The van der Waals surface area contributed by atoms with Crippen molar-refractivity contribution in [2.24, 2.45) is 0 Å². The second-order valence-electron chi connectivity index (χ2n) is 2.87. The zero-order valence-corrected chi connectivity index (χ0v) is 9.05. The largest absolute Gasteiger partial charge is 0.504 e. The van der Waals surface area contributed by atoms with E-state index in [0.29, 0.717) is 9.64 Å². The lowest BCUT2D eigenvalue weighted by molar-refractivity contribution is 0.402. The summed E-state index contributed by atoms with van der Waals surface area (Å²) in [6.45, 7) is 0. The van der Waals surface area contributed by atoms with Gasteiger partial charge in [0.15, 0.2) is 15.5 Å². The Balaban J connectivity index is 2.65. The number of aromatic nitrogens is 1. The second-order valence-corrected chi connectivity index (χ2v) is 4.37. The van der Waals surface area contributed by atoms with Gasteiger partial charge in [-0.05, 0) is 24.4 Å². The highest BCUT2D eigenvalue weighted by atomic mass is 32.1. The van der Waals surface area contributed by atoms with E-state index in [-0.39, 0.29) is 17.4 Å². The third-order valence-corrected chi connectivity index (χ3v) is 3.08. The number of thiazole rings is 1. The first-order valence-corrected chi connectivity index (χ1v) is 5.30. The molecule has 2 rings (SSSR count). The van der Waals surface area contributed by atoms with E-state index in [1.54, 1.807) is 6.07 Å². The first-order valence-electron chi connectivity index (χ1n) is 4.01. The van der Waals surface area contributed by atoms with E-state index in [2.05, 4.69) is 0 Å². The predicted octanol–water partition coefficient (Wildman–Crippen LogP) is 2.39. The van der Waals surface area contributed by atoms with Gasteiger partial charge in [-0.15, -0.1) is 11.3 Å². The molecule has 2 aromatic rings. The molecule has 15 heavy (non-hydrogen) atoms. The molecule has 0 aliphatic carbocycles. The van der Waals surface area contributed by atoms with E-state index in [1.165, 1.54) is 33.4 Å². The van der Waals surface area contributed by atoms with E-state index in [4.69, 9.17) is 17.3 Å². The van der Waals surface area contributed by atoms with Gasteiger partial charge >= 0.3 is 0 Å². The number of hydrogen-bond donors (Lipinski definition) is 3. The lowest BCUT2D eigenvalue weighted by Gasteiger charge is -2.05. The van der Waals surface area contributed by atoms with E-state index in [1.807, 2.05) is 0 Å². The highest BCUT2D eigenvalue weighted by Gasteiger charge is 2.07. The lowest BCUT2D eigenvalue weighted by atomic mass is 10.3. The number of aromatic hydroxyl groups is 3. The van der Waals surface area contributed by atoms with Gasteiger partial charge in [-0.3, -0.25) is 4.57 Å². The summed E-state index contributed by atoms with van der Waals surface area (Å²) in [4.78, 5) is 0. The monoisotopic (exact) mass is 241 g/mol. The van der Waals surface area contributed by atoms with Crippen molar-refractivity contribution in [2.75, 3.05) is 0 Å². The van der Waals surface area contributed by atoms with Gasteiger partial charge in [-0.1, -0.05) is 0 Å². The van der Waals surface area contributed by atoms with E-state index in [9.17, 15) is 10.2 Å². The molecule has 0 aliphatic rings. The number of phenolic OH excluding ortho intramolecular Hbond substituents is 2. The summed E-state index contributed by atoms with van der Waals surface area (Å²) in [6, 6.07) is 4.22. The van der Waals surface area contributed by atoms with Crippen molar-refractivity contribution in [1.82, 2.24) is 4.57 Å². The molecule has 1 aromatic heterocycles. The van der Waals surface area contributed by atoms with E-state index >= 15 is 0 Å².